The maximum Gasteiger partial charge on any atom is 0.187 e. The molecule has 4 aliphatic heterocycles. The van der Waals surface area contributed by atoms with Crippen molar-refractivity contribution in [1.82, 2.24) is 0 Å². The van der Waals surface area contributed by atoms with E-state index in [2.05, 4.69) is 20.8 Å². The highest BCUT2D eigenvalue weighted by Gasteiger charge is 2.65. The molecule has 0 aromatic rings. The minimum absolute atomic E-state index is 0.0700. The fraction of sp³-hybridized carbons (Fsp3) is 0.956. The summed E-state index contributed by atoms with van der Waals surface area (Å²) in [5, 5.41) is 125. The molecule has 19 nitrogen and oxygen atoms in total. The van der Waals surface area contributed by atoms with E-state index >= 15 is 0 Å². The van der Waals surface area contributed by atoms with Crippen LogP contribution in [-0.4, -0.2) is 198 Å². The Labute approximate surface area is 373 Å². The Balaban J connectivity index is 0.853. The van der Waals surface area contributed by atoms with E-state index in [-0.39, 0.29) is 35.4 Å². The van der Waals surface area contributed by atoms with Crippen molar-refractivity contribution in [2.45, 2.75) is 196 Å². The molecule has 64 heavy (non-hydrogen) atoms. The first-order valence-electron chi connectivity index (χ1n) is 23.6. The van der Waals surface area contributed by atoms with E-state index in [0.717, 1.165) is 50.7 Å². The number of ether oxygens (including phenoxy) is 7. The Morgan fingerprint density at radius 1 is 0.656 bits per heavy atom. The van der Waals surface area contributed by atoms with Gasteiger partial charge < -0.3 is 94.4 Å². The number of hydrogen-bond donors (Lipinski definition) is 12. The molecule has 8 rings (SSSR count). The van der Waals surface area contributed by atoms with Gasteiger partial charge in [0.15, 0.2) is 18.9 Å². The predicted octanol–water partition coefficient (Wildman–Crippen LogP) is -1.86. The van der Waals surface area contributed by atoms with Gasteiger partial charge in [-0.2, -0.15) is 0 Å². The first-order valence-corrected chi connectivity index (χ1v) is 23.6. The van der Waals surface area contributed by atoms with E-state index in [1.807, 2.05) is 6.92 Å². The fourth-order valence-corrected chi connectivity index (χ4v) is 13.8. The summed E-state index contributed by atoms with van der Waals surface area (Å²) in [4.78, 5) is 0. The summed E-state index contributed by atoms with van der Waals surface area (Å²) in [5.74, 6) is 2.99. The summed E-state index contributed by atoms with van der Waals surface area (Å²) in [6, 6.07) is 0. The van der Waals surface area contributed by atoms with E-state index in [4.69, 9.17) is 33.2 Å². The number of aliphatic hydroxyl groups is 12. The van der Waals surface area contributed by atoms with Crippen LogP contribution in [0.2, 0.25) is 0 Å². The zero-order valence-electron chi connectivity index (χ0n) is 37.3. The van der Waals surface area contributed by atoms with Crippen LogP contribution in [0.1, 0.15) is 85.5 Å². The molecule has 26 atom stereocenters. The van der Waals surface area contributed by atoms with Crippen LogP contribution >= 0.6 is 0 Å². The molecule has 19 heteroatoms. The average molecular weight is 919 g/mol. The molecule has 8 aliphatic rings. The lowest BCUT2D eigenvalue weighted by molar-refractivity contribution is -0.366. The predicted molar refractivity (Wildman–Crippen MR) is 219 cm³/mol. The molecular formula is C45H74O19. The number of rotatable bonds is 13. The molecule has 12 N–H and O–H groups in total. The van der Waals surface area contributed by atoms with E-state index in [0.29, 0.717) is 36.5 Å². The van der Waals surface area contributed by atoms with Crippen LogP contribution in [0, 0.1) is 46.3 Å². The van der Waals surface area contributed by atoms with Crippen LogP contribution in [0.5, 0.6) is 0 Å². The summed E-state index contributed by atoms with van der Waals surface area (Å²) in [6.07, 6.45) is -16.1. The van der Waals surface area contributed by atoms with Crippen molar-refractivity contribution >= 4 is 0 Å². The van der Waals surface area contributed by atoms with Crippen LogP contribution in [0.15, 0.2) is 11.3 Å². The monoisotopic (exact) mass is 918 g/mol. The molecule has 0 spiro atoms. The Hall–Kier alpha value is -1.18. The number of fused-ring (bicyclic) bond motifs is 7. The number of hydrogen-bond acceptors (Lipinski definition) is 19. The topological polar surface area (TPSA) is 307 Å². The molecule has 3 saturated heterocycles. The van der Waals surface area contributed by atoms with Crippen molar-refractivity contribution in [3.05, 3.63) is 11.3 Å². The van der Waals surface area contributed by atoms with E-state index in [9.17, 15) is 61.3 Å². The van der Waals surface area contributed by atoms with Crippen LogP contribution in [-0.2, 0) is 33.2 Å². The molecule has 26 unspecified atom stereocenters. The third kappa shape index (κ3) is 8.63. The minimum Gasteiger partial charge on any atom is -0.494 e. The first-order chi connectivity index (χ1) is 30.4. The zero-order chi connectivity index (χ0) is 46.2. The van der Waals surface area contributed by atoms with E-state index in [1.165, 1.54) is 5.57 Å². The van der Waals surface area contributed by atoms with Gasteiger partial charge in [0.25, 0.3) is 0 Å². The molecule has 4 heterocycles. The molecule has 368 valence electrons. The van der Waals surface area contributed by atoms with Gasteiger partial charge in [-0.1, -0.05) is 20.8 Å². The second-order valence-electron chi connectivity index (χ2n) is 21.0. The molecule has 0 amide bonds. The van der Waals surface area contributed by atoms with Crippen LogP contribution < -0.4 is 0 Å². The Bertz CT molecular complexity index is 1620. The number of aliphatic hydroxyl groups excluding tert-OH is 12. The molecule has 0 bridgehead atoms. The average Bonchev–Trinajstić information content (AvgIpc) is 3.76. The molecule has 4 aliphatic carbocycles. The second-order valence-corrected chi connectivity index (χ2v) is 21.0. The normalized spacial score (nSPS) is 53.2. The van der Waals surface area contributed by atoms with Gasteiger partial charge in [-0.3, -0.25) is 0 Å². The van der Waals surface area contributed by atoms with Crippen molar-refractivity contribution in [1.29, 1.82) is 0 Å². The lowest BCUT2D eigenvalue weighted by Gasteiger charge is -2.61. The van der Waals surface area contributed by atoms with Crippen molar-refractivity contribution < 1.29 is 94.4 Å². The van der Waals surface area contributed by atoms with Crippen LogP contribution in [0.4, 0.5) is 0 Å². The van der Waals surface area contributed by atoms with E-state index in [1.54, 1.807) is 0 Å². The summed E-state index contributed by atoms with van der Waals surface area (Å²) >= 11 is 0. The lowest BCUT2D eigenvalue weighted by atomic mass is 9.44. The van der Waals surface area contributed by atoms with Crippen molar-refractivity contribution in [2.24, 2.45) is 46.3 Å². The highest BCUT2D eigenvalue weighted by Crippen LogP contribution is 2.70. The second kappa shape index (κ2) is 19.3. The van der Waals surface area contributed by atoms with Gasteiger partial charge in [0.1, 0.15) is 79.4 Å². The number of allylic oxidation sites excluding steroid dienone is 1. The van der Waals surface area contributed by atoms with Gasteiger partial charge in [-0.05, 0) is 104 Å². The summed E-state index contributed by atoms with van der Waals surface area (Å²) < 4.78 is 41.4. The third-order valence-corrected chi connectivity index (χ3v) is 17.4. The highest BCUT2D eigenvalue weighted by molar-refractivity contribution is 5.27. The Morgan fingerprint density at radius 2 is 1.25 bits per heavy atom. The Kier molecular flexibility index (Phi) is 14.9. The summed E-state index contributed by atoms with van der Waals surface area (Å²) in [7, 11) is 0. The van der Waals surface area contributed by atoms with Crippen molar-refractivity contribution in [3.63, 3.8) is 0 Å². The summed E-state index contributed by atoms with van der Waals surface area (Å²) in [5.41, 5.74) is 1.23. The highest BCUT2D eigenvalue weighted by atomic mass is 16.7. The van der Waals surface area contributed by atoms with Gasteiger partial charge in [-0.25, -0.2) is 0 Å². The van der Waals surface area contributed by atoms with Crippen molar-refractivity contribution in [3.8, 4) is 0 Å². The largest absolute Gasteiger partial charge is 0.494 e. The van der Waals surface area contributed by atoms with Crippen LogP contribution in [0.25, 0.3) is 0 Å². The molecule has 0 aromatic heterocycles. The van der Waals surface area contributed by atoms with E-state index < -0.39 is 124 Å². The van der Waals surface area contributed by atoms with Gasteiger partial charge >= 0.3 is 0 Å². The SMILES string of the molecule is CC1=C(CCC(C)COC2OC(CO)C(O)C(O)C2O)OC2CC3C4CCC5CC(OC6OC(CO)C(OC7OC(CO)C(O)C(O)C7O)C(O)C6O)C(O)CC5(C)C4CCC3(C)C12. The molecule has 4 saturated carbocycles. The van der Waals surface area contributed by atoms with Crippen molar-refractivity contribution in [2.75, 3.05) is 26.4 Å². The zero-order valence-corrected chi connectivity index (χ0v) is 37.3. The molecular weight excluding hydrogens is 844 g/mol. The third-order valence-electron chi connectivity index (χ3n) is 17.4. The standard InChI is InChI=1S/C45H74O19/c1-18(17-58-41-37(55)34(52)32(50)28(14-46)61-41)5-8-25-19(2)31-27(59-25)12-23-21-7-6-20-11-26(24(49)13-45(20,4)22(21)9-10-44(23,31)3)60-42-39(57)36(54)40(30(16-48)63-42)64-43-38(56)35(53)33(51)29(15-47)62-43/h18,20-24,26-43,46-57H,5-17H2,1-4H3. The Morgan fingerprint density at radius 3 is 1.91 bits per heavy atom. The maximum absolute atomic E-state index is 11.7. The molecule has 0 aromatic carbocycles. The lowest BCUT2D eigenvalue weighted by Crippen LogP contribution is -2.65. The fourth-order valence-electron chi connectivity index (χ4n) is 13.8. The molecule has 0 radical (unpaired) electrons. The quantitative estimate of drug-likeness (QED) is 0.0902. The van der Waals surface area contributed by atoms with Gasteiger partial charge in [-0.15, -0.1) is 0 Å². The van der Waals surface area contributed by atoms with Gasteiger partial charge in [0.05, 0.1) is 44.4 Å². The van der Waals surface area contributed by atoms with Crippen LogP contribution in [0.3, 0.4) is 0 Å². The maximum atomic E-state index is 11.7. The minimum atomic E-state index is -1.77. The molecule has 7 fully saturated rings. The smallest absolute Gasteiger partial charge is 0.187 e. The first kappa shape index (κ1) is 49.2. The van der Waals surface area contributed by atoms with Gasteiger partial charge in [0, 0.05) is 12.3 Å². The summed E-state index contributed by atoms with van der Waals surface area (Å²) in [6.45, 7) is 7.37. The van der Waals surface area contributed by atoms with Gasteiger partial charge in [0.2, 0.25) is 0 Å².